The van der Waals surface area contributed by atoms with E-state index < -0.39 is 21.4 Å². The Bertz CT molecular complexity index is 217. The van der Waals surface area contributed by atoms with Crippen molar-refractivity contribution in [2.24, 2.45) is 0 Å². The quantitative estimate of drug-likeness (QED) is 0.345. The molecule has 0 atom stereocenters. The second kappa shape index (κ2) is 16.6. The van der Waals surface area contributed by atoms with Crippen molar-refractivity contribution in [2.45, 2.75) is 78.8 Å². The average Bonchev–Trinajstić information content (AvgIpc) is 2.48. The zero-order chi connectivity index (χ0) is 16.6. The molecule has 0 aliphatic carbocycles. The SMILES string of the molecule is CCCN(C)CC[CH2][In]([CH2]CC)[CH2]CCN(CCC)CCC. The molecule has 0 heterocycles. The van der Waals surface area contributed by atoms with Gasteiger partial charge in [0.25, 0.3) is 0 Å². The van der Waals surface area contributed by atoms with E-state index in [1.807, 2.05) is 0 Å². The van der Waals surface area contributed by atoms with Crippen LogP contribution in [0.5, 0.6) is 0 Å². The average molecular weight is 414 g/mol. The molecule has 0 bridgehead atoms. The van der Waals surface area contributed by atoms with Gasteiger partial charge in [-0.05, 0) is 0 Å². The number of nitrogens with zero attached hydrogens (tertiary/aromatic N) is 2. The summed E-state index contributed by atoms with van der Waals surface area (Å²) < 4.78 is 4.93. The monoisotopic (exact) mass is 414 g/mol. The predicted octanol–water partition coefficient (Wildman–Crippen LogP) is 5.14. The molecule has 0 saturated carbocycles. The molecule has 0 rings (SSSR count). The fourth-order valence-corrected chi connectivity index (χ4v) is 12.7. The molecule has 0 aliphatic heterocycles. The van der Waals surface area contributed by atoms with Crippen LogP contribution >= 0.6 is 0 Å². The molecule has 0 N–H and O–H groups in total. The summed E-state index contributed by atoms with van der Waals surface area (Å²) in [6.45, 7) is 15.9. The first-order chi connectivity index (χ1) is 10.7. The third kappa shape index (κ3) is 13.2. The van der Waals surface area contributed by atoms with Gasteiger partial charge in [-0.25, -0.2) is 0 Å². The summed E-state index contributed by atoms with van der Waals surface area (Å²) in [5.41, 5.74) is 0. The molecule has 0 unspecified atom stereocenters. The Hall–Kier alpha value is 0.790. The van der Waals surface area contributed by atoms with Crippen LogP contribution in [0.2, 0.25) is 12.5 Å². The minimum absolute atomic E-state index is 1.20. The van der Waals surface area contributed by atoms with E-state index in [-0.39, 0.29) is 0 Å². The van der Waals surface area contributed by atoms with E-state index >= 15 is 0 Å². The molecule has 0 aliphatic rings. The molecule has 0 spiro atoms. The van der Waals surface area contributed by atoms with E-state index in [2.05, 4.69) is 44.5 Å². The van der Waals surface area contributed by atoms with Gasteiger partial charge in [0.05, 0.1) is 0 Å². The molecule has 2 nitrogen and oxygen atoms in total. The van der Waals surface area contributed by atoms with Gasteiger partial charge >= 0.3 is 150 Å². The summed E-state index contributed by atoms with van der Waals surface area (Å²) in [4.78, 5) is 5.23. The molecule has 132 valence electrons. The van der Waals surface area contributed by atoms with Crippen LogP contribution in [0.25, 0.3) is 0 Å². The molecule has 0 radical (unpaired) electrons. The Kier molecular flexibility index (Phi) is 17.2. The maximum absolute atomic E-state index is 2.70. The van der Waals surface area contributed by atoms with E-state index in [4.69, 9.17) is 0 Å². The van der Waals surface area contributed by atoms with E-state index in [0.29, 0.717) is 0 Å². The van der Waals surface area contributed by atoms with Crippen molar-refractivity contribution in [3.63, 3.8) is 0 Å². The van der Waals surface area contributed by atoms with Crippen LogP contribution < -0.4 is 0 Å². The van der Waals surface area contributed by atoms with Crippen LogP contribution in [0.3, 0.4) is 0 Å². The summed E-state index contributed by atoms with van der Waals surface area (Å²) in [7, 11) is 2.29. The zero-order valence-electron chi connectivity index (χ0n) is 16.4. The fraction of sp³-hybridized carbons (Fsp3) is 1.00. The summed E-state index contributed by atoms with van der Waals surface area (Å²) in [5.74, 6) is 0. The van der Waals surface area contributed by atoms with Gasteiger partial charge in [0.15, 0.2) is 0 Å². The van der Waals surface area contributed by atoms with Crippen LogP contribution in [-0.2, 0) is 0 Å². The number of hydrogen-bond donors (Lipinski definition) is 0. The molecular weight excluding hydrogens is 371 g/mol. The maximum atomic E-state index is 2.70. The topological polar surface area (TPSA) is 6.48 Å². The normalized spacial score (nSPS) is 11.6. The Balaban J connectivity index is 3.91. The van der Waals surface area contributed by atoms with E-state index in [9.17, 15) is 0 Å². The first-order valence-corrected chi connectivity index (χ1v) is 17.1. The first-order valence-electron chi connectivity index (χ1n) is 10.1. The van der Waals surface area contributed by atoms with Crippen LogP contribution in [0.1, 0.15) is 66.2 Å². The molecule has 0 aromatic rings. The van der Waals surface area contributed by atoms with E-state index in [1.165, 1.54) is 71.2 Å². The van der Waals surface area contributed by atoms with E-state index in [0.717, 1.165) is 0 Å². The Morgan fingerprint density at radius 1 is 0.591 bits per heavy atom. The van der Waals surface area contributed by atoms with Gasteiger partial charge in [0.2, 0.25) is 0 Å². The van der Waals surface area contributed by atoms with Crippen molar-refractivity contribution in [2.75, 3.05) is 39.8 Å². The summed E-state index contributed by atoms with van der Waals surface area (Å²) in [6.07, 6.45) is 8.33. The predicted molar refractivity (Wildman–Crippen MR) is 105 cm³/mol. The van der Waals surface area contributed by atoms with Gasteiger partial charge in [0, 0.05) is 0 Å². The van der Waals surface area contributed by atoms with Gasteiger partial charge in [-0.15, -0.1) is 0 Å². The van der Waals surface area contributed by atoms with Crippen LogP contribution in [0.4, 0.5) is 0 Å². The van der Waals surface area contributed by atoms with Gasteiger partial charge in [0.1, 0.15) is 0 Å². The van der Waals surface area contributed by atoms with Crippen LogP contribution in [0.15, 0.2) is 0 Å². The third-order valence-electron chi connectivity index (χ3n) is 4.62. The van der Waals surface area contributed by atoms with Crippen molar-refractivity contribution >= 4 is 21.4 Å². The van der Waals surface area contributed by atoms with E-state index in [1.54, 1.807) is 12.5 Å². The molecule has 0 aromatic heterocycles. The Morgan fingerprint density at radius 2 is 1.14 bits per heavy atom. The van der Waals surface area contributed by atoms with Crippen molar-refractivity contribution in [1.29, 1.82) is 0 Å². The van der Waals surface area contributed by atoms with Crippen molar-refractivity contribution in [3.8, 4) is 0 Å². The molecule has 0 saturated heterocycles. The Labute approximate surface area is 149 Å². The number of hydrogen-bond acceptors (Lipinski definition) is 2. The van der Waals surface area contributed by atoms with Gasteiger partial charge in [-0.2, -0.15) is 0 Å². The molecule has 22 heavy (non-hydrogen) atoms. The first kappa shape index (κ1) is 22.8. The van der Waals surface area contributed by atoms with Gasteiger partial charge < -0.3 is 0 Å². The van der Waals surface area contributed by atoms with Crippen LogP contribution in [0, 0.1) is 0 Å². The number of rotatable bonds is 16. The summed E-state index contributed by atoms with van der Waals surface area (Å²) in [6, 6.07) is 0. The van der Waals surface area contributed by atoms with Gasteiger partial charge in [-0.3, -0.25) is 0 Å². The second-order valence-electron chi connectivity index (χ2n) is 7.08. The zero-order valence-corrected chi connectivity index (χ0v) is 19.7. The minimum atomic E-state index is -1.20. The molecular formula is C19H43InN2. The third-order valence-corrected chi connectivity index (χ3v) is 15.6. The van der Waals surface area contributed by atoms with Crippen LogP contribution in [-0.4, -0.2) is 71.0 Å². The van der Waals surface area contributed by atoms with Crippen molar-refractivity contribution in [3.05, 3.63) is 0 Å². The summed E-state index contributed by atoms with van der Waals surface area (Å²) in [5, 5.41) is 0. The van der Waals surface area contributed by atoms with Crippen molar-refractivity contribution < 1.29 is 0 Å². The summed E-state index contributed by atoms with van der Waals surface area (Å²) >= 11 is -1.20. The van der Waals surface area contributed by atoms with Crippen molar-refractivity contribution in [1.82, 2.24) is 9.80 Å². The second-order valence-corrected chi connectivity index (χ2v) is 17.0. The molecule has 3 heteroatoms. The standard InChI is InChI=1S/C9H20N.C7H16N.C3H7.In/c1-4-7-10(8-5-2)9-6-3;1-4-6-8(3)7-5-2;1-3-2;/h1,4-9H2,2-3H3;1,4-7H2,2-3H3;1,3H2,2H3;. The molecule has 0 fully saturated rings. The van der Waals surface area contributed by atoms with Gasteiger partial charge in [-0.1, -0.05) is 0 Å². The Morgan fingerprint density at radius 3 is 1.64 bits per heavy atom. The fourth-order valence-electron chi connectivity index (χ4n) is 3.56. The molecule has 0 aromatic carbocycles. The molecule has 0 amide bonds.